The van der Waals surface area contributed by atoms with Crippen molar-refractivity contribution >= 4 is 7.60 Å². The Balaban J connectivity index is 4.09. The second-order valence-corrected chi connectivity index (χ2v) is 3.28. The summed E-state index contributed by atoms with van der Waals surface area (Å²) in [6.45, 7) is 7.39. The van der Waals surface area contributed by atoms with E-state index in [0.717, 1.165) is 0 Å². The molecule has 0 spiro atoms. The van der Waals surface area contributed by atoms with Crippen LogP contribution in [0.25, 0.3) is 4.85 Å². The molecule has 0 rings (SSSR count). The molecule has 2 N–H and O–H groups in total. The standard InChI is InChI=1S/C3H6NO3P/c1-3(4-2)8(5,6)7/h3H,1H3,(H2,5,6,7). The minimum atomic E-state index is -4.11. The lowest BCUT2D eigenvalue weighted by Gasteiger charge is -1.98. The molecule has 4 nitrogen and oxygen atoms in total. The third-order valence-electron chi connectivity index (χ3n) is 0.674. The van der Waals surface area contributed by atoms with Gasteiger partial charge in [0, 0.05) is 6.92 Å². The Hall–Kier alpha value is -0.360. The quantitative estimate of drug-likeness (QED) is 0.404. The summed E-state index contributed by atoms with van der Waals surface area (Å²) >= 11 is 0. The Labute approximate surface area is 47.1 Å². The van der Waals surface area contributed by atoms with Crippen LogP contribution in [0.15, 0.2) is 0 Å². The van der Waals surface area contributed by atoms with Crippen LogP contribution >= 0.6 is 7.60 Å². The number of hydrogen-bond donors (Lipinski definition) is 2. The van der Waals surface area contributed by atoms with E-state index in [9.17, 15) is 4.57 Å². The lowest BCUT2D eigenvalue weighted by atomic mass is 10.8. The first-order valence-corrected chi connectivity index (χ1v) is 3.58. The molecule has 0 saturated heterocycles. The van der Waals surface area contributed by atoms with Gasteiger partial charge in [-0.3, -0.25) is 4.57 Å². The van der Waals surface area contributed by atoms with Crippen LogP contribution in [-0.2, 0) is 4.57 Å². The van der Waals surface area contributed by atoms with Crippen LogP contribution in [0.1, 0.15) is 6.92 Å². The Bertz CT molecular complexity index is 154. The summed E-state index contributed by atoms with van der Waals surface area (Å²) in [5, 5.41) is 0. The molecule has 0 bridgehead atoms. The van der Waals surface area contributed by atoms with Gasteiger partial charge in [-0.15, -0.1) is 0 Å². The molecule has 0 aliphatic heterocycles. The van der Waals surface area contributed by atoms with E-state index in [1.165, 1.54) is 6.92 Å². The molecule has 0 saturated carbocycles. The molecule has 46 valence electrons. The SMILES string of the molecule is [C-]#[N+]C(C)P(=O)(O)O. The first-order valence-electron chi connectivity index (χ1n) is 1.90. The summed E-state index contributed by atoms with van der Waals surface area (Å²) in [5.41, 5.74) is 0. The maximum atomic E-state index is 10.0. The zero-order valence-electron chi connectivity index (χ0n) is 4.27. The minimum absolute atomic E-state index is 1.19. The fraction of sp³-hybridized carbons (Fsp3) is 0.667. The number of hydrogen-bond acceptors (Lipinski definition) is 1. The Morgan fingerprint density at radius 3 is 2.12 bits per heavy atom. The average Bonchev–Trinajstić information content (AvgIpc) is 1.62. The lowest BCUT2D eigenvalue weighted by molar-refractivity contribution is 0.367. The van der Waals surface area contributed by atoms with E-state index in [0.29, 0.717) is 0 Å². The van der Waals surface area contributed by atoms with Gasteiger partial charge in [-0.25, -0.2) is 6.57 Å². The summed E-state index contributed by atoms with van der Waals surface area (Å²) in [6, 6.07) is 0. The van der Waals surface area contributed by atoms with Gasteiger partial charge in [0.1, 0.15) is 0 Å². The molecular weight excluding hydrogens is 129 g/mol. The first kappa shape index (κ1) is 7.64. The van der Waals surface area contributed by atoms with Crippen LogP contribution in [0.4, 0.5) is 0 Å². The van der Waals surface area contributed by atoms with Crippen LogP contribution < -0.4 is 0 Å². The molecule has 0 aliphatic carbocycles. The molecule has 0 aromatic carbocycles. The molecule has 0 fully saturated rings. The van der Waals surface area contributed by atoms with E-state index >= 15 is 0 Å². The average molecular weight is 135 g/mol. The fourth-order valence-electron chi connectivity index (χ4n) is 0.0752. The molecule has 1 unspecified atom stereocenters. The normalized spacial score (nSPS) is 14.8. The maximum Gasteiger partial charge on any atom is 0.406 e. The van der Waals surface area contributed by atoms with Crippen molar-refractivity contribution in [3.63, 3.8) is 0 Å². The summed E-state index contributed by atoms with van der Waals surface area (Å²) in [6.07, 6.45) is 0. The Kier molecular flexibility index (Phi) is 2.17. The smallest absolute Gasteiger partial charge is 0.319 e. The number of nitrogens with zero attached hydrogens (tertiary/aromatic N) is 1. The highest BCUT2D eigenvalue weighted by Crippen LogP contribution is 2.41. The van der Waals surface area contributed by atoms with E-state index in [2.05, 4.69) is 4.85 Å². The zero-order valence-corrected chi connectivity index (χ0v) is 5.17. The molecule has 8 heavy (non-hydrogen) atoms. The molecular formula is C3H6NO3P. The molecule has 1 atom stereocenters. The van der Waals surface area contributed by atoms with E-state index in [-0.39, 0.29) is 0 Å². The fourth-order valence-corrected chi connectivity index (χ4v) is 0.226. The van der Waals surface area contributed by atoms with Crippen molar-refractivity contribution < 1.29 is 14.4 Å². The highest BCUT2D eigenvalue weighted by Gasteiger charge is 2.28. The van der Waals surface area contributed by atoms with Gasteiger partial charge in [0.15, 0.2) is 0 Å². The monoisotopic (exact) mass is 135 g/mol. The highest BCUT2D eigenvalue weighted by molar-refractivity contribution is 7.52. The van der Waals surface area contributed by atoms with E-state index in [4.69, 9.17) is 16.4 Å². The van der Waals surface area contributed by atoms with Crippen molar-refractivity contribution in [1.29, 1.82) is 0 Å². The van der Waals surface area contributed by atoms with Crippen LogP contribution in [0.2, 0.25) is 0 Å². The van der Waals surface area contributed by atoms with Gasteiger partial charge in [0.05, 0.1) is 0 Å². The van der Waals surface area contributed by atoms with Gasteiger partial charge >= 0.3 is 13.4 Å². The zero-order chi connectivity index (χ0) is 6.78. The Morgan fingerprint density at radius 1 is 1.75 bits per heavy atom. The molecule has 0 radical (unpaired) electrons. The molecule has 5 heteroatoms. The van der Waals surface area contributed by atoms with Crippen LogP contribution in [-0.4, -0.2) is 15.6 Å². The Morgan fingerprint density at radius 2 is 2.12 bits per heavy atom. The van der Waals surface area contributed by atoms with Gasteiger partial charge in [0.25, 0.3) is 0 Å². The highest BCUT2D eigenvalue weighted by atomic mass is 31.2. The van der Waals surface area contributed by atoms with Crippen molar-refractivity contribution in [1.82, 2.24) is 0 Å². The second-order valence-electron chi connectivity index (χ2n) is 1.35. The first-order chi connectivity index (χ1) is 3.48. The van der Waals surface area contributed by atoms with Crippen molar-refractivity contribution in [2.75, 3.05) is 0 Å². The topological polar surface area (TPSA) is 61.9 Å². The minimum Gasteiger partial charge on any atom is -0.319 e. The molecule has 0 aromatic rings. The summed E-state index contributed by atoms with van der Waals surface area (Å²) in [5.74, 6) is -1.19. The third kappa shape index (κ3) is 2.08. The molecule has 0 heterocycles. The van der Waals surface area contributed by atoms with Crippen LogP contribution in [0.5, 0.6) is 0 Å². The van der Waals surface area contributed by atoms with E-state index < -0.39 is 13.4 Å². The van der Waals surface area contributed by atoms with E-state index in [1.54, 1.807) is 0 Å². The predicted octanol–water partition coefficient (Wildman–Crippen LogP) is 0.429. The van der Waals surface area contributed by atoms with Crippen LogP contribution in [0, 0.1) is 6.57 Å². The van der Waals surface area contributed by atoms with Gasteiger partial charge in [-0.05, 0) is 0 Å². The second kappa shape index (κ2) is 2.27. The predicted molar refractivity (Wildman–Crippen MR) is 28.1 cm³/mol. The van der Waals surface area contributed by atoms with Crippen LogP contribution in [0.3, 0.4) is 0 Å². The molecule has 0 aromatic heterocycles. The summed E-state index contributed by atoms with van der Waals surface area (Å²) in [7, 11) is -4.11. The van der Waals surface area contributed by atoms with Crippen molar-refractivity contribution in [3.05, 3.63) is 11.4 Å². The maximum absolute atomic E-state index is 10.0. The molecule has 0 amide bonds. The van der Waals surface area contributed by atoms with Gasteiger partial charge in [-0.1, -0.05) is 0 Å². The van der Waals surface area contributed by atoms with Gasteiger partial charge < -0.3 is 14.6 Å². The third-order valence-corrected chi connectivity index (χ3v) is 1.76. The number of rotatable bonds is 1. The lowest BCUT2D eigenvalue weighted by Crippen LogP contribution is -1.93. The van der Waals surface area contributed by atoms with Crippen molar-refractivity contribution in [3.8, 4) is 0 Å². The van der Waals surface area contributed by atoms with Gasteiger partial charge in [-0.2, -0.15) is 0 Å². The van der Waals surface area contributed by atoms with Crippen molar-refractivity contribution in [2.45, 2.75) is 12.7 Å². The summed E-state index contributed by atoms with van der Waals surface area (Å²) < 4.78 is 10.0. The van der Waals surface area contributed by atoms with Crippen molar-refractivity contribution in [2.24, 2.45) is 0 Å². The van der Waals surface area contributed by atoms with Gasteiger partial charge in [0.2, 0.25) is 0 Å². The largest absolute Gasteiger partial charge is 0.406 e. The van der Waals surface area contributed by atoms with E-state index in [1.807, 2.05) is 0 Å². The molecule has 0 aliphatic rings. The summed E-state index contributed by atoms with van der Waals surface area (Å²) in [4.78, 5) is 19.0.